The fourth-order valence-corrected chi connectivity index (χ4v) is 3.15. The van der Waals surface area contributed by atoms with Crippen LogP contribution in [0.1, 0.15) is 15.8 Å². The molecule has 1 aromatic heterocycles. The van der Waals surface area contributed by atoms with Gasteiger partial charge in [-0.3, -0.25) is 0 Å². The molecule has 0 N–H and O–H groups in total. The van der Waals surface area contributed by atoms with Crippen molar-refractivity contribution in [2.45, 2.75) is 11.8 Å². The van der Waals surface area contributed by atoms with Crippen molar-refractivity contribution in [3.8, 4) is 0 Å². The molecule has 1 aromatic carbocycles. The van der Waals surface area contributed by atoms with Gasteiger partial charge in [0.1, 0.15) is 0 Å². The molecule has 84 valence electrons. The molecule has 1 unspecified atom stereocenters. The third kappa shape index (κ3) is 2.92. The van der Waals surface area contributed by atoms with Crippen LogP contribution in [0.25, 0.3) is 0 Å². The van der Waals surface area contributed by atoms with Crippen molar-refractivity contribution in [3.63, 3.8) is 0 Å². The Kier molecular flexibility index (Phi) is 4.15. The molecule has 1 atom stereocenters. The zero-order chi connectivity index (χ0) is 11.5. The molecule has 0 aliphatic heterocycles. The number of thiophene rings is 1. The second-order valence-electron chi connectivity index (χ2n) is 3.42. The highest BCUT2D eigenvalue weighted by Gasteiger charge is 2.13. The highest BCUT2D eigenvalue weighted by molar-refractivity contribution is 7.09. The average molecular weight is 292 g/mol. The van der Waals surface area contributed by atoms with Crippen molar-refractivity contribution in [2.75, 3.05) is 0 Å². The van der Waals surface area contributed by atoms with E-state index in [1.165, 1.54) is 4.88 Å². The molecule has 0 amide bonds. The summed E-state index contributed by atoms with van der Waals surface area (Å²) in [6.07, 6.45) is 0.777. The van der Waals surface area contributed by atoms with E-state index in [0.29, 0.717) is 10.0 Å². The Balaban J connectivity index is 2.20. The Morgan fingerprint density at radius 1 is 1.19 bits per heavy atom. The van der Waals surface area contributed by atoms with Crippen molar-refractivity contribution in [2.24, 2.45) is 0 Å². The number of halogens is 3. The van der Waals surface area contributed by atoms with Crippen LogP contribution in [0, 0.1) is 0 Å². The third-order valence-electron chi connectivity index (χ3n) is 2.26. The summed E-state index contributed by atoms with van der Waals surface area (Å²) in [5.74, 6) is 0. The minimum atomic E-state index is -0.134. The van der Waals surface area contributed by atoms with Crippen LogP contribution in [-0.2, 0) is 6.42 Å². The predicted octanol–water partition coefficient (Wildman–Crippen LogP) is 5.58. The van der Waals surface area contributed by atoms with Gasteiger partial charge in [-0.25, -0.2) is 0 Å². The lowest BCUT2D eigenvalue weighted by Crippen LogP contribution is -1.95. The molecule has 0 bridgehead atoms. The number of hydrogen-bond acceptors (Lipinski definition) is 1. The van der Waals surface area contributed by atoms with Crippen LogP contribution in [0.4, 0.5) is 0 Å². The zero-order valence-corrected chi connectivity index (χ0v) is 11.4. The molecule has 0 radical (unpaired) electrons. The van der Waals surface area contributed by atoms with Crippen molar-refractivity contribution in [1.82, 2.24) is 0 Å². The van der Waals surface area contributed by atoms with Gasteiger partial charge in [-0.2, -0.15) is 0 Å². The molecule has 2 rings (SSSR count). The summed E-state index contributed by atoms with van der Waals surface area (Å²) in [6, 6.07) is 9.46. The van der Waals surface area contributed by atoms with Crippen molar-refractivity contribution in [3.05, 3.63) is 56.2 Å². The van der Waals surface area contributed by atoms with E-state index in [9.17, 15) is 0 Å². The molecule has 0 aliphatic carbocycles. The van der Waals surface area contributed by atoms with Crippen LogP contribution in [-0.4, -0.2) is 0 Å². The number of rotatable bonds is 3. The van der Waals surface area contributed by atoms with Crippen molar-refractivity contribution in [1.29, 1.82) is 0 Å². The van der Waals surface area contributed by atoms with E-state index in [-0.39, 0.29) is 5.38 Å². The predicted molar refractivity (Wildman–Crippen MR) is 73.1 cm³/mol. The minimum Gasteiger partial charge on any atom is -0.149 e. The molecule has 0 nitrogen and oxygen atoms in total. The Hall–Kier alpha value is -0.210. The quantitative estimate of drug-likeness (QED) is 0.648. The van der Waals surface area contributed by atoms with Gasteiger partial charge < -0.3 is 0 Å². The van der Waals surface area contributed by atoms with E-state index >= 15 is 0 Å². The van der Waals surface area contributed by atoms with Crippen LogP contribution >= 0.6 is 46.1 Å². The maximum Gasteiger partial charge on any atom is 0.0648 e. The third-order valence-corrected chi connectivity index (χ3v) is 4.12. The van der Waals surface area contributed by atoms with Gasteiger partial charge in [-0.05, 0) is 35.2 Å². The maximum atomic E-state index is 6.34. The lowest BCUT2D eigenvalue weighted by atomic mass is 10.1. The maximum absolute atomic E-state index is 6.34. The number of hydrogen-bond donors (Lipinski definition) is 0. The van der Waals surface area contributed by atoms with Gasteiger partial charge in [-0.1, -0.05) is 29.3 Å². The van der Waals surface area contributed by atoms with Gasteiger partial charge >= 0.3 is 0 Å². The lowest BCUT2D eigenvalue weighted by Gasteiger charge is -2.11. The van der Waals surface area contributed by atoms with E-state index in [2.05, 4.69) is 6.07 Å². The van der Waals surface area contributed by atoms with E-state index < -0.39 is 0 Å². The largest absolute Gasteiger partial charge is 0.149 e. The summed E-state index contributed by atoms with van der Waals surface area (Å²) in [6.45, 7) is 0. The summed E-state index contributed by atoms with van der Waals surface area (Å²) in [4.78, 5) is 1.25. The topological polar surface area (TPSA) is 0 Å². The van der Waals surface area contributed by atoms with Crippen molar-refractivity contribution >= 4 is 46.1 Å². The Morgan fingerprint density at radius 2 is 2.00 bits per heavy atom. The normalized spacial score (nSPS) is 12.7. The zero-order valence-electron chi connectivity index (χ0n) is 8.29. The number of benzene rings is 1. The molecule has 0 saturated carbocycles. The first-order valence-electron chi connectivity index (χ1n) is 4.78. The number of alkyl halides is 1. The molecule has 1 heterocycles. The highest BCUT2D eigenvalue weighted by Crippen LogP contribution is 2.33. The fraction of sp³-hybridized carbons (Fsp3) is 0.167. The Bertz CT molecular complexity index is 465. The van der Waals surface area contributed by atoms with E-state index in [1.54, 1.807) is 23.5 Å². The van der Waals surface area contributed by atoms with Crippen LogP contribution in [0.3, 0.4) is 0 Å². The van der Waals surface area contributed by atoms with Gasteiger partial charge in [0.15, 0.2) is 0 Å². The van der Waals surface area contributed by atoms with E-state index in [1.807, 2.05) is 17.5 Å². The van der Waals surface area contributed by atoms with Gasteiger partial charge in [0, 0.05) is 21.3 Å². The summed E-state index contributed by atoms with van der Waals surface area (Å²) in [5.41, 5.74) is 0.893. The first-order chi connectivity index (χ1) is 7.66. The molecule has 0 aliphatic rings. The van der Waals surface area contributed by atoms with E-state index in [4.69, 9.17) is 34.8 Å². The van der Waals surface area contributed by atoms with Gasteiger partial charge in [0.05, 0.1) is 5.38 Å². The molecule has 0 spiro atoms. The summed E-state index contributed by atoms with van der Waals surface area (Å²) in [7, 11) is 0. The van der Waals surface area contributed by atoms with Crippen LogP contribution in [0.2, 0.25) is 10.0 Å². The lowest BCUT2D eigenvalue weighted by molar-refractivity contribution is 0.938. The molecular weight excluding hydrogens is 283 g/mol. The SMILES string of the molecule is Clc1ccc(Cl)c(C(Cl)Cc2cccs2)c1. The fourth-order valence-electron chi connectivity index (χ4n) is 1.47. The second-order valence-corrected chi connectivity index (χ2v) is 5.82. The highest BCUT2D eigenvalue weighted by atomic mass is 35.5. The smallest absolute Gasteiger partial charge is 0.0648 e. The molecule has 0 fully saturated rings. The molecule has 0 saturated heterocycles. The van der Waals surface area contributed by atoms with Gasteiger partial charge in [-0.15, -0.1) is 22.9 Å². The average Bonchev–Trinajstić information content (AvgIpc) is 2.74. The molecule has 16 heavy (non-hydrogen) atoms. The standard InChI is InChI=1S/C12H9Cl3S/c13-8-3-4-11(14)10(6-8)12(15)7-9-2-1-5-16-9/h1-6,12H,7H2. The molecule has 4 heteroatoms. The van der Waals surface area contributed by atoms with E-state index in [0.717, 1.165) is 12.0 Å². The summed E-state index contributed by atoms with van der Waals surface area (Å²) < 4.78 is 0. The summed E-state index contributed by atoms with van der Waals surface area (Å²) >= 11 is 20.1. The second kappa shape index (κ2) is 5.42. The summed E-state index contributed by atoms with van der Waals surface area (Å²) in [5, 5.41) is 3.24. The Morgan fingerprint density at radius 3 is 2.69 bits per heavy atom. The first kappa shape index (κ1) is 12.3. The van der Waals surface area contributed by atoms with Crippen LogP contribution in [0.15, 0.2) is 35.7 Å². The van der Waals surface area contributed by atoms with Gasteiger partial charge in [0.25, 0.3) is 0 Å². The van der Waals surface area contributed by atoms with Gasteiger partial charge in [0.2, 0.25) is 0 Å². The minimum absolute atomic E-state index is 0.134. The monoisotopic (exact) mass is 290 g/mol. The molecule has 2 aromatic rings. The van der Waals surface area contributed by atoms with Crippen LogP contribution in [0.5, 0.6) is 0 Å². The molecular formula is C12H9Cl3S. The van der Waals surface area contributed by atoms with Crippen LogP contribution < -0.4 is 0 Å². The first-order valence-corrected chi connectivity index (χ1v) is 6.85. The van der Waals surface area contributed by atoms with Crippen molar-refractivity contribution < 1.29 is 0 Å². The Labute approximate surface area is 114 Å².